The summed E-state index contributed by atoms with van der Waals surface area (Å²) in [5, 5.41) is 16.9. The maximum atomic E-state index is 14.1. The SMILES string of the molecule is CC[C@H](C)[C@H](NC(=O)[C@H](Cc1ccc(OC)cc1)NC(=O)C(C)S)C(=O)N[C@@H](CCC(N)=O)C(=O)N[C@@H](CC(N)=O)C(=O)N[C@@H](CS)C(=O)N1CCC[C@H]1C(=O)N[C@@H](CC(C)C)C(=O)NCC(N)=O. The molecule has 69 heavy (non-hydrogen) atoms. The average molecular weight is 1010 g/mol. The summed E-state index contributed by atoms with van der Waals surface area (Å²) in [5.74, 6) is -9.39. The van der Waals surface area contributed by atoms with Crippen LogP contribution in [0.15, 0.2) is 24.3 Å². The number of primary amides is 3. The van der Waals surface area contributed by atoms with Crippen LogP contribution in [0.25, 0.3) is 0 Å². The van der Waals surface area contributed by atoms with Crippen LogP contribution in [0.3, 0.4) is 0 Å². The molecule has 1 aliphatic heterocycles. The molecule has 1 fully saturated rings. The second-order valence-corrected chi connectivity index (χ2v) is 18.4. The zero-order valence-corrected chi connectivity index (χ0v) is 41.6. The maximum Gasteiger partial charge on any atom is 0.246 e. The second kappa shape index (κ2) is 29.0. The van der Waals surface area contributed by atoms with Crippen LogP contribution < -0.4 is 59.2 Å². The predicted molar refractivity (Wildman–Crippen MR) is 259 cm³/mol. The van der Waals surface area contributed by atoms with E-state index in [2.05, 4.69) is 62.5 Å². The fourth-order valence-corrected chi connectivity index (χ4v) is 7.51. The van der Waals surface area contributed by atoms with Crippen LogP contribution in [0, 0.1) is 11.8 Å². The van der Waals surface area contributed by atoms with Gasteiger partial charge in [-0.25, -0.2) is 0 Å². The molecule has 0 bridgehead atoms. The summed E-state index contributed by atoms with van der Waals surface area (Å²) in [6.45, 7) is 8.21. The summed E-state index contributed by atoms with van der Waals surface area (Å²) < 4.78 is 5.21. The largest absolute Gasteiger partial charge is 0.497 e. The van der Waals surface area contributed by atoms with Crippen molar-refractivity contribution in [2.75, 3.05) is 26.0 Å². The Kier molecular flexibility index (Phi) is 24.8. The molecule has 13 N–H and O–H groups in total. The second-order valence-electron chi connectivity index (χ2n) is 17.3. The van der Waals surface area contributed by atoms with E-state index in [1.165, 1.54) is 18.9 Å². The number of carbonyl (C=O) groups excluding carboxylic acids is 11. The first kappa shape index (κ1) is 59.0. The van der Waals surface area contributed by atoms with Crippen molar-refractivity contribution in [3.63, 3.8) is 0 Å². The van der Waals surface area contributed by atoms with Gasteiger partial charge < -0.3 is 64.1 Å². The van der Waals surface area contributed by atoms with Crippen LogP contribution in [0.2, 0.25) is 0 Å². The van der Waals surface area contributed by atoms with Crippen molar-refractivity contribution in [2.45, 2.75) is 134 Å². The number of rotatable bonds is 29. The number of likely N-dealkylation sites (tertiary alicyclic amines) is 1. The summed E-state index contributed by atoms with van der Waals surface area (Å²) >= 11 is 8.42. The Morgan fingerprint density at radius 1 is 0.710 bits per heavy atom. The van der Waals surface area contributed by atoms with Crippen molar-refractivity contribution in [3.8, 4) is 5.75 Å². The van der Waals surface area contributed by atoms with E-state index in [1.54, 1.807) is 38.1 Å². The van der Waals surface area contributed by atoms with E-state index in [4.69, 9.17) is 21.9 Å². The molecule has 0 aliphatic carbocycles. The zero-order valence-electron chi connectivity index (χ0n) is 39.8. The molecule has 11 amide bonds. The highest BCUT2D eigenvalue weighted by Crippen LogP contribution is 2.20. The van der Waals surface area contributed by atoms with Crippen molar-refractivity contribution >= 4 is 90.2 Å². The van der Waals surface area contributed by atoms with Crippen LogP contribution in [-0.2, 0) is 59.2 Å². The van der Waals surface area contributed by atoms with Gasteiger partial charge >= 0.3 is 0 Å². The highest BCUT2D eigenvalue weighted by molar-refractivity contribution is 7.81. The number of thiol groups is 2. The molecule has 0 saturated carbocycles. The fourth-order valence-electron chi connectivity index (χ4n) is 7.18. The number of nitrogens with zero attached hydrogens (tertiary/aromatic N) is 1. The van der Waals surface area contributed by atoms with E-state index in [0.717, 1.165) is 0 Å². The lowest BCUT2D eigenvalue weighted by atomic mass is 9.96. The molecule has 1 aromatic rings. The molecule has 23 nitrogen and oxygen atoms in total. The molecule has 0 spiro atoms. The first-order valence-electron chi connectivity index (χ1n) is 22.6. The van der Waals surface area contributed by atoms with Gasteiger partial charge in [0.2, 0.25) is 65.0 Å². The van der Waals surface area contributed by atoms with Crippen LogP contribution in [0.5, 0.6) is 5.75 Å². The minimum atomic E-state index is -1.74. The average Bonchev–Trinajstić information content (AvgIpc) is 3.79. The van der Waals surface area contributed by atoms with E-state index in [0.29, 0.717) is 24.2 Å². The van der Waals surface area contributed by atoms with Gasteiger partial charge in [0.15, 0.2) is 0 Å². The molecule has 25 heteroatoms. The van der Waals surface area contributed by atoms with Gasteiger partial charge in [-0.05, 0) is 62.1 Å². The third kappa shape index (κ3) is 19.8. The van der Waals surface area contributed by atoms with Gasteiger partial charge in [-0.3, -0.25) is 52.7 Å². The van der Waals surface area contributed by atoms with Gasteiger partial charge in [0.25, 0.3) is 0 Å². The Labute approximate surface area is 412 Å². The summed E-state index contributed by atoms with van der Waals surface area (Å²) in [5.41, 5.74) is 16.7. The van der Waals surface area contributed by atoms with Gasteiger partial charge in [0.1, 0.15) is 48.0 Å². The Bertz CT molecular complexity index is 2010. The summed E-state index contributed by atoms with van der Waals surface area (Å²) in [6.07, 6.45) is -0.459. The van der Waals surface area contributed by atoms with Gasteiger partial charge in [-0.15, -0.1) is 0 Å². The van der Waals surface area contributed by atoms with Crippen LogP contribution >= 0.6 is 25.3 Å². The summed E-state index contributed by atoms with van der Waals surface area (Å²) in [7, 11) is 1.49. The maximum absolute atomic E-state index is 14.1. The fraction of sp³-hybridized carbons (Fsp3) is 0.614. The number of carbonyl (C=O) groups is 11. The Morgan fingerprint density at radius 3 is 1.83 bits per heavy atom. The number of hydrogen-bond donors (Lipinski definition) is 12. The van der Waals surface area contributed by atoms with Crippen molar-refractivity contribution in [1.29, 1.82) is 0 Å². The van der Waals surface area contributed by atoms with E-state index >= 15 is 0 Å². The van der Waals surface area contributed by atoms with E-state index < -0.39 is 144 Å². The molecule has 1 saturated heterocycles. The third-order valence-corrected chi connectivity index (χ3v) is 11.8. The molecule has 1 heterocycles. The molecule has 1 unspecified atom stereocenters. The monoisotopic (exact) mass is 1010 g/mol. The quantitative estimate of drug-likeness (QED) is 0.0363. The van der Waals surface area contributed by atoms with Gasteiger partial charge in [0, 0.05) is 25.1 Å². The van der Waals surface area contributed by atoms with Crippen LogP contribution in [0.1, 0.15) is 85.1 Å². The number of methoxy groups -OCH3 is 1. The van der Waals surface area contributed by atoms with Crippen LogP contribution in [0.4, 0.5) is 0 Å². The Hall–Kier alpha value is -6.11. The van der Waals surface area contributed by atoms with Crippen molar-refractivity contribution in [1.82, 2.24) is 42.1 Å². The summed E-state index contributed by atoms with van der Waals surface area (Å²) in [6, 6.07) is -2.59. The normalized spacial score (nSPS) is 16.7. The topological polar surface area (TPSA) is 363 Å². The zero-order chi connectivity index (χ0) is 52.1. The first-order chi connectivity index (χ1) is 32.4. The smallest absolute Gasteiger partial charge is 0.246 e. The number of benzene rings is 1. The van der Waals surface area contributed by atoms with Gasteiger partial charge in [0.05, 0.1) is 25.3 Å². The predicted octanol–water partition coefficient (Wildman–Crippen LogP) is -2.78. The lowest BCUT2D eigenvalue weighted by Gasteiger charge is -2.30. The molecule has 1 aromatic carbocycles. The Balaban J connectivity index is 2.34. The molecule has 2 rings (SSSR count). The van der Waals surface area contributed by atoms with E-state index in [9.17, 15) is 52.7 Å². The third-order valence-electron chi connectivity index (χ3n) is 11.2. The molecule has 384 valence electrons. The number of ether oxygens (including phenoxy) is 1. The van der Waals surface area contributed by atoms with Gasteiger partial charge in [-0.2, -0.15) is 25.3 Å². The number of hydrogen-bond acceptors (Lipinski definition) is 14. The van der Waals surface area contributed by atoms with Crippen molar-refractivity contribution in [2.24, 2.45) is 29.0 Å². The van der Waals surface area contributed by atoms with Gasteiger partial charge in [-0.1, -0.05) is 46.2 Å². The molecule has 1 aliphatic rings. The van der Waals surface area contributed by atoms with Crippen LogP contribution in [-0.4, -0.2) is 143 Å². The van der Waals surface area contributed by atoms with Crippen molar-refractivity contribution in [3.05, 3.63) is 29.8 Å². The lowest BCUT2D eigenvalue weighted by Crippen LogP contribution is -2.61. The number of nitrogens with two attached hydrogens (primary N) is 3. The number of amides is 11. The minimum Gasteiger partial charge on any atom is -0.497 e. The molecular formula is C44H69N11O12S2. The lowest BCUT2D eigenvalue weighted by molar-refractivity contribution is -0.142. The van der Waals surface area contributed by atoms with E-state index in [1.807, 2.05) is 13.8 Å². The molecule has 0 aromatic heterocycles. The minimum absolute atomic E-state index is 0.0111. The standard InChI is InChI=1S/C44H69N11O12S2/c1-7-23(4)36(54-41(63)29(50-37(59)24(5)69)18-25-10-12-26(67-6)13-11-25)43(65)49-27(14-15-33(45)56)39(61)51-30(19-34(46)57)40(62)53-31(21-68)44(66)55-16-8-9-32(55)42(64)52-28(17-22(2)3)38(60)48-20-35(47)58/h10-13,22-24,27-32,36,68-69H,7-9,14-21H2,1-6H3,(H2,45,56)(H2,46,57)(H2,47,58)(H,48,60)(H,49,65)(H,50,59)(H,51,61)(H,52,64)(H,53,62)(H,54,63)/t23-,24?,27-,28-,29-,30-,31-,32-,36-/m0/s1. The molecule has 0 radical (unpaired) electrons. The molecular weight excluding hydrogens is 939 g/mol. The van der Waals surface area contributed by atoms with E-state index in [-0.39, 0.29) is 37.5 Å². The highest BCUT2D eigenvalue weighted by atomic mass is 32.1. The summed E-state index contributed by atoms with van der Waals surface area (Å²) in [4.78, 5) is 145. The first-order valence-corrected chi connectivity index (χ1v) is 23.7. The van der Waals surface area contributed by atoms with Crippen molar-refractivity contribution < 1.29 is 57.5 Å². The molecule has 9 atom stereocenters. The Morgan fingerprint density at radius 2 is 1.29 bits per heavy atom. The highest BCUT2D eigenvalue weighted by Gasteiger charge is 2.40. The number of nitrogens with one attached hydrogen (secondary N) is 7.